The summed E-state index contributed by atoms with van der Waals surface area (Å²) in [4.78, 5) is 12.2. The molecule has 0 aliphatic heterocycles. The third-order valence-corrected chi connectivity index (χ3v) is 5.65. The molecule has 0 fully saturated rings. The highest BCUT2D eigenvalue weighted by Crippen LogP contribution is 2.27. The summed E-state index contributed by atoms with van der Waals surface area (Å²) in [6.07, 6.45) is 0.728. The van der Waals surface area contributed by atoms with Gasteiger partial charge in [0.25, 0.3) is 0 Å². The van der Waals surface area contributed by atoms with Crippen molar-refractivity contribution in [3.63, 3.8) is 0 Å². The van der Waals surface area contributed by atoms with Gasteiger partial charge in [0.15, 0.2) is 17.3 Å². The molecule has 4 aromatic rings. The minimum absolute atomic E-state index is 0.368. The van der Waals surface area contributed by atoms with E-state index in [1.54, 1.807) is 22.2 Å². The smallest absolute Gasteiger partial charge is 0.167 e. The molecule has 5 heteroatoms. The van der Waals surface area contributed by atoms with Crippen LogP contribution in [0.15, 0.2) is 89.8 Å². The van der Waals surface area contributed by atoms with Crippen molar-refractivity contribution in [3.05, 3.63) is 96.2 Å². The molecular weight excluding hydrogens is 358 g/mol. The monoisotopic (exact) mass is 375 g/mol. The maximum Gasteiger partial charge on any atom is 0.167 e. The number of hydrogen-bond donors (Lipinski definition) is 0. The largest absolute Gasteiger partial charge is 0.489 e. The molecule has 1 aromatic heterocycles. The molecule has 1 atom stereocenters. The lowest BCUT2D eigenvalue weighted by Gasteiger charge is -2.09. The minimum atomic E-state index is -1.50. The van der Waals surface area contributed by atoms with Crippen LogP contribution in [-0.2, 0) is 17.6 Å². The maximum absolute atomic E-state index is 13.0. The van der Waals surface area contributed by atoms with Crippen molar-refractivity contribution >= 4 is 28.2 Å². The SMILES string of the molecule is O=Cc1cc2cc(OCc3ccccc3)ccc2n1S(=O)c1ccccc1. The first kappa shape index (κ1) is 17.2. The van der Waals surface area contributed by atoms with Gasteiger partial charge in [0.2, 0.25) is 0 Å². The van der Waals surface area contributed by atoms with Gasteiger partial charge in [0, 0.05) is 5.39 Å². The Bertz CT molecular complexity index is 1100. The first-order valence-electron chi connectivity index (χ1n) is 8.51. The van der Waals surface area contributed by atoms with E-state index in [9.17, 15) is 9.00 Å². The van der Waals surface area contributed by atoms with Crippen molar-refractivity contribution < 1.29 is 13.7 Å². The van der Waals surface area contributed by atoms with Crippen molar-refractivity contribution in [1.82, 2.24) is 3.97 Å². The van der Waals surface area contributed by atoms with Crippen LogP contribution in [0, 0.1) is 0 Å². The van der Waals surface area contributed by atoms with Crippen LogP contribution in [-0.4, -0.2) is 14.5 Å². The lowest BCUT2D eigenvalue weighted by molar-refractivity contribution is 0.111. The molecule has 4 nitrogen and oxygen atoms in total. The average Bonchev–Trinajstić information content (AvgIpc) is 3.11. The van der Waals surface area contributed by atoms with Crippen LogP contribution >= 0.6 is 0 Å². The zero-order chi connectivity index (χ0) is 18.6. The standard InChI is InChI=1S/C22H17NO3S/c24-15-19-13-18-14-20(26-16-17-7-3-1-4-8-17)11-12-22(18)23(19)27(25)21-9-5-2-6-10-21/h1-15H,16H2. The second-order valence-electron chi connectivity index (χ2n) is 6.04. The van der Waals surface area contributed by atoms with Crippen molar-refractivity contribution in [2.24, 2.45) is 0 Å². The molecule has 0 aliphatic rings. The van der Waals surface area contributed by atoms with Crippen LogP contribution in [0.25, 0.3) is 10.9 Å². The van der Waals surface area contributed by atoms with Crippen LogP contribution in [0.4, 0.5) is 0 Å². The molecule has 0 saturated carbocycles. The second kappa shape index (κ2) is 7.60. The Hall–Kier alpha value is -3.18. The fourth-order valence-electron chi connectivity index (χ4n) is 2.93. The predicted molar refractivity (Wildman–Crippen MR) is 106 cm³/mol. The highest BCUT2D eigenvalue weighted by atomic mass is 32.2. The van der Waals surface area contributed by atoms with Gasteiger partial charge in [-0.15, -0.1) is 0 Å². The quantitative estimate of drug-likeness (QED) is 0.463. The number of aromatic nitrogens is 1. The van der Waals surface area contributed by atoms with E-state index in [0.717, 1.165) is 22.8 Å². The van der Waals surface area contributed by atoms with Gasteiger partial charge in [-0.3, -0.25) is 8.77 Å². The summed E-state index contributed by atoms with van der Waals surface area (Å²) in [5, 5.41) is 0.812. The Morgan fingerprint density at radius 3 is 2.30 bits per heavy atom. The van der Waals surface area contributed by atoms with E-state index < -0.39 is 11.0 Å². The number of fused-ring (bicyclic) bond motifs is 1. The van der Waals surface area contributed by atoms with E-state index in [4.69, 9.17) is 4.74 Å². The molecule has 0 radical (unpaired) electrons. The van der Waals surface area contributed by atoms with Gasteiger partial charge < -0.3 is 4.74 Å². The van der Waals surface area contributed by atoms with Crippen LogP contribution in [0.5, 0.6) is 5.75 Å². The fourth-order valence-corrected chi connectivity index (χ4v) is 4.16. The van der Waals surface area contributed by atoms with E-state index in [2.05, 4.69) is 0 Å². The Labute approximate surface area is 159 Å². The predicted octanol–water partition coefficient (Wildman–Crippen LogP) is 4.60. The van der Waals surface area contributed by atoms with E-state index in [1.165, 1.54) is 0 Å². The molecule has 4 rings (SSSR count). The van der Waals surface area contributed by atoms with Crippen LogP contribution < -0.4 is 4.74 Å². The molecule has 0 saturated heterocycles. The number of aldehydes is 1. The number of rotatable bonds is 6. The number of carbonyl (C=O) groups excluding carboxylic acids is 1. The van der Waals surface area contributed by atoms with Gasteiger partial charge >= 0.3 is 0 Å². The summed E-state index contributed by atoms with van der Waals surface area (Å²) in [5.41, 5.74) is 2.17. The molecule has 0 bridgehead atoms. The fraction of sp³-hybridized carbons (Fsp3) is 0.0455. The zero-order valence-corrected chi connectivity index (χ0v) is 15.3. The molecule has 1 heterocycles. The number of benzene rings is 3. The van der Waals surface area contributed by atoms with Crippen LogP contribution in [0.1, 0.15) is 16.1 Å². The summed E-state index contributed by atoms with van der Waals surface area (Å²) in [6.45, 7) is 0.462. The molecule has 0 aliphatic carbocycles. The lowest BCUT2D eigenvalue weighted by Crippen LogP contribution is -2.08. The number of carbonyl (C=O) groups is 1. The van der Waals surface area contributed by atoms with E-state index in [0.29, 0.717) is 22.9 Å². The lowest BCUT2D eigenvalue weighted by atomic mass is 10.2. The molecule has 3 aromatic carbocycles. The Kier molecular flexibility index (Phi) is 4.85. The summed E-state index contributed by atoms with van der Waals surface area (Å²) in [6, 6.07) is 26.3. The normalized spacial score (nSPS) is 12.0. The summed E-state index contributed by atoms with van der Waals surface area (Å²) in [7, 11) is -1.50. The molecular formula is C22H17NO3S. The topological polar surface area (TPSA) is 48.3 Å². The van der Waals surface area contributed by atoms with Crippen LogP contribution in [0.3, 0.4) is 0 Å². The van der Waals surface area contributed by atoms with E-state index in [-0.39, 0.29) is 0 Å². The number of nitrogens with zero attached hydrogens (tertiary/aromatic N) is 1. The van der Waals surface area contributed by atoms with Crippen molar-refractivity contribution in [2.75, 3.05) is 0 Å². The van der Waals surface area contributed by atoms with Gasteiger partial charge in [-0.25, -0.2) is 4.21 Å². The van der Waals surface area contributed by atoms with Crippen LogP contribution in [0.2, 0.25) is 0 Å². The van der Waals surface area contributed by atoms with E-state index >= 15 is 0 Å². The van der Waals surface area contributed by atoms with Crippen molar-refractivity contribution in [2.45, 2.75) is 11.5 Å². The third-order valence-electron chi connectivity index (χ3n) is 4.24. The maximum atomic E-state index is 13.0. The van der Waals surface area contributed by atoms with Crippen molar-refractivity contribution in [3.8, 4) is 5.75 Å². The molecule has 134 valence electrons. The molecule has 0 amide bonds. The molecule has 1 unspecified atom stereocenters. The van der Waals surface area contributed by atoms with Gasteiger partial charge in [-0.2, -0.15) is 0 Å². The number of hydrogen-bond acceptors (Lipinski definition) is 3. The van der Waals surface area contributed by atoms with Gasteiger partial charge in [-0.05, 0) is 42.0 Å². The Morgan fingerprint density at radius 2 is 1.59 bits per heavy atom. The van der Waals surface area contributed by atoms with Crippen molar-refractivity contribution in [1.29, 1.82) is 0 Å². The highest BCUT2D eigenvalue weighted by Gasteiger charge is 2.16. The average molecular weight is 375 g/mol. The molecule has 0 N–H and O–H groups in total. The minimum Gasteiger partial charge on any atom is -0.489 e. The first-order valence-corrected chi connectivity index (χ1v) is 9.61. The summed E-state index contributed by atoms with van der Waals surface area (Å²) in [5.74, 6) is 0.700. The van der Waals surface area contributed by atoms with Gasteiger partial charge in [-0.1, -0.05) is 48.5 Å². The van der Waals surface area contributed by atoms with Gasteiger partial charge in [0.1, 0.15) is 12.4 Å². The third kappa shape index (κ3) is 3.55. The zero-order valence-electron chi connectivity index (χ0n) is 14.4. The second-order valence-corrected chi connectivity index (χ2v) is 7.37. The van der Waals surface area contributed by atoms with E-state index in [1.807, 2.05) is 66.7 Å². The Balaban J connectivity index is 1.67. The summed E-state index contributed by atoms with van der Waals surface area (Å²) < 4.78 is 20.4. The molecule has 27 heavy (non-hydrogen) atoms. The summed E-state index contributed by atoms with van der Waals surface area (Å²) >= 11 is 0. The first-order chi connectivity index (χ1) is 13.3. The Morgan fingerprint density at radius 1 is 0.889 bits per heavy atom. The highest BCUT2D eigenvalue weighted by molar-refractivity contribution is 7.83. The molecule has 0 spiro atoms. The number of ether oxygens (including phenoxy) is 1. The van der Waals surface area contributed by atoms with Gasteiger partial charge in [0.05, 0.1) is 16.1 Å².